The van der Waals surface area contributed by atoms with Crippen LogP contribution in [0.25, 0.3) is 0 Å². The second-order valence-corrected chi connectivity index (χ2v) is 5.94. The van der Waals surface area contributed by atoms with E-state index in [-0.39, 0.29) is 23.8 Å². The minimum Gasteiger partial charge on any atom is -0.467 e. The lowest BCUT2D eigenvalue weighted by Crippen LogP contribution is -2.48. The van der Waals surface area contributed by atoms with Gasteiger partial charge >= 0.3 is 0 Å². The maximum Gasteiger partial charge on any atom is 0.228 e. The number of rotatable bonds is 4. The molecule has 0 spiro atoms. The number of carbonyl (C=O) groups excluding carboxylic acids is 2. The monoisotopic (exact) mass is 306 g/mol. The van der Waals surface area contributed by atoms with Crippen LogP contribution < -0.4 is 0 Å². The number of hydrogen-bond donors (Lipinski definition) is 0. The van der Waals surface area contributed by atoms with Crippen molar-refractivity contribution in [1.29, 1.82) is 0 Å². The Morgan fingerprint density at radius 2 is 2.27 bits per heavy atom. The zero-order valence-electron chi connectivity index (χ0n) is 12.9. The third-order valence-corrected chi connectivity index (χ3v) is 4.40. The number of hydrogen-bond acceptors (Lipinski definition) is 4. The minimum absolute atomic E-state index is 0.0232. The highest BCUT2D eigenvalue weighted by molar-refractivity contribution is 5.89. The molecule has 3 heterocycles. The quantitative estimate of drug-likeness (QED) is 0.840. The van der Waals surface area contributed by atoms with Gasteiger partial charge in [0.25, 0.3) is 0 Å². The van der Waals surface area contributed by atoms with Gasteiger partial charge in [0.2, 0.25) is 11.8 Å². The Kier molecular flexibility index (Phi) is 4.47. The number of amides is 2. The first-order chi connectivity index (χ1) is 10.7. The van der Waals surface area contributed by atoms with Gasteiger partial charge in [-0.05, 0) is 18.6 Å². The average Bonchev–Trinajstić information content (AvgIpc) is 3.17. The molecule has 2 aliphatic rings. The molecule has 2 fully saturated rings. The van der Waals surface area contributed by atoms with E-state index in [1.165, 1.54) is 0 Å². The molecule has 0 saturated carbocycles. The maximum atomic E-state index is 12.6. The fraction of sp³-hybridized carbons (Fsp3) is 0.625. The van der Waals surface area contributed by atoms with Gasteiger partial charge in [-0.3, -0.25) is 9.59 Å². The summed E-state index contributed by atoms with van der Waals surface area (Å²) in [5.41, 5.74) is 0. The zero-order chi connectivity index (χ0) is 15.5. The smallest absolute Gasteiger partial charge is 0.228 e. The van der Waals surface area contributed by atoms with E-state index in [1.807, 2.05) is 11.0 Å². The number of furan rings is 1. The van der Waals surface area contributed by atoms with E-state index in [0.29, 0.717) is 39.2 Å². The van der Waals surface area contributed by atoms with Crippen LogP contribution in [0.4, 0.5) is 0 Å². The van der Waals surface area contributed by atoms with Gasteiger partial charge in [0, 0.05) is 26.1 Å². The van der Waals surface area contributed by atoms with Gasteiger partial charge in [0.05, 0.1) is 31.4 Å². The molecule has 0 aromatic carbocycles. The summed E-state index contributed by atoms with van der Waals surface area (Å²) in [5, 5.41) is 0. The van der Waals surface area contributed by atoms with Crippen LogP contribution in [0.2, 0.25) is 0 Å². The van der Waals surface area contributed by atoms with Gasteiger partial charge in [-0.15, -0.1) is 0 Å². The van der Waals surface area contributed by atoms with E-state index < -0.39 is 0 Å². The second kappa shape index (κ2) is 6.52. The van der Waals surface area contributed by atoms with Crippen LogP contribution in [0.3, 0.4) is 0 Å². The summed E-state index contributed by atoms with van der Waals surface area (Å²) in [6, 6.07) is 3.65. The molecule has 6 heteroatoms. The Hall–Kier alpha value is -1.82. The van der Waals surface area contributed by atoms with Gasteiger partial charge in [0.15, 0.2) is 0 Å². The van der Waals surface area contributed by atoms with Gasteiger partial charge in [0.1, 0.15) is 5.76 Å². The van der Waals surface area contributed by atoms with Crippen molar-refractivity contribution < 1.29 is 18.7 Å². The molecule has 0 N–H and O–H groups in total. The highest BCUT2D eigenvalue weighted by Gasteiger charge is 2.37. The van der Waals surface area contributed by atoms with Crippen LogP contribution in [-0.4, -0.2) is 54.0 Å². The highest BCUT2D eigenvalue weighted by atomic mass is 16.5. The molecule has 0 radical (unpaired) electrons. The highest BCUT2D eigenvalue weighted by Crippen LogP contribution is 2.23. The van der Waals surface area contributed by atoms with Crippen molar-refractivity contribution in [2.75, 3.05) is 26.2 Å². The lowest BCUT2D eigenvalue weighted by Gasteiger charge is -2.34. The Morgan fingerprint density at radius 1 is 1.41 bits per heavy atom. The van der Waals surface area contributed by atoms with Gasteiger partial charge in [-0.25, -0.2) is 0 Å². The van der Waals surface area contributed by atoms with Crippen molar-refractivity contribution in [3.63, 3.8) is 0 Å². The van der Waals surface area contributed by atoms with E-state index in [1.54, 1.807) is 17.2 Å². The SMILES string of the molecule is CC[C@H]1CN(C(=O)[C@H]2CC(=O)N(Cc3ccco3)C2)CCO1. The minimum atomic E-state index is -0.238. The third kappa shape index (κ3) is 3.16. The molecule has 22 heavy (non-hydrogen) atoms. The van der Waals surface area contributed by atoms with Crippen molar-refractivity contribution >= 4 is 11.8 Å². The zero-order valence-corrected chi connectivity index (χ0v) is 12.9. The summed E-state index contributed by atoms with van der Waals surface area (Å²) in [6.45, 7) is 4.82. The second-order valence-electron chi connectivity index (χ2n) is 5.94. The maximum absolute atomic E-state index is 12.6. The molecule has 120 valence electrons. The molecule has 2 amide bonds. The Bertz CT molecular complexity index is 528. The van der Waals surface area contributed by atoms with Crippen LogP contribution in [-0.2, 0) is 20.9 Å². The largest absolute Gasteiger partial charge is 0.467 e. The Balaban J connectivity index is 1.58. The van der Waals surface area contributed by atoms with Crippen molar-refractivity contribution in [2.24, 2.45) is 5.92 Å². The van der Waals surface area contributed by atoms with Gasteiger partial charge in [-0.1, -0.05) is 6.92 Å². The topological polar surface area (TPSA) is 63.0 Å². The van der Waals surface area contributed by atoms with Gasteiger partial charge < -0.3 is 19.0 Å². The van der Waals surface area contributed by atoms with Crippen LogP contribution >= 0.6 is 0 Å². The molecule has 0 unspecified atom stereocenters. The molecule has 2 saturated heterocycles. The molecule has 3 rings (SSSR count). The summed E-state index contributed by atoms with van der Waals surface area (Å²) in [7, 11) is 0. The van der Waals surface area contributed by atoms with E-state index in [2.05, 4.69) is 6.92 Å². The third-order valence-electron chi connectivity index (χ3n) is 4.40. The Morgan fingerprint density at radius 3 is 3.00 bits per heavy atom. The summed E-state index contributed by atoms with van der Waals surface area (Å²) >= 11 is 0. The predicted octanol–water partition coefficient (Wildman–Crippen LogP) is 1.27. The standard InChI is InChI=1S/C16H22N2O4/c1-2-13-10-17(5-7-22-13)16(20)12-8-15(19)18(9-12)11-14-4-3-6-21-14/h3-4,6,12-13H,2,5,7-11H2,1H3/t12-,13-/m0/s1. The molecule has 1 aromatic heterocycles. The summed E-state index contributed by atoms with van der Waals surface area (Å²) < 4.78 is 10.9. The number of nitrogens with zero attached hydrogens (tertiary/aromatic N) is 2. The van der Waals surface area contributed by atoms with Crippen molar-refractivity contribution in [1.82, 2.24) is 9.80 Å². The fourth-order valence-electron chi connectivity index (χ4n) is 3.11. The molecule has 6 nitrogen and oxygen atoms in total. The van der Waals surface area contributed by atoms with Gasteiger partial charge in [-0.2, -0.15) is 0 Å². The van der Waals surface area contributed by atoms with E-state index in [9.17, 15) is 9.59 Å². The first-order valence-electron chi connectivity index (χ1n) is 7.88. The molecule has 2 aliphatic heterocycles. The fourth-order valence-corrected chi connectivity index (χ4v) is 3.11. The first-order valence-corrected chi connectivity index (χ1v) is 7.88. The van der Waals surface area contributed by atoms with E-state index in [0.717, 1.165) is 12.2 Å². The summed E-state index contributed by atoms with van der Waals surface area (Å²) in [4.78, 5) is 28.3. The number of ether oxygens (including phenoxy) is 1. The van der Waals surface area contributed by atoms with Crippen LogP contribution in [0.15, 0.2) is 22.8 Å². The number of morpholine rings is 1. The summed E-state index contributed by atoms with van der Waals surface area (Å²) in [6.07, 6.45) is 2.91. The molecular formula is C16H22N2O4. The lowest BCUT2D eigenvalue weighted by atomic mass is 10.1. The average molecular weight is 306 g/mol. The molecular weight excluding hydrogens is 284 g/mol. The molecule has 0 aliphatic carbocycles. The van der Waals surface area contributed by atoms with Crippen LogP contribution in [0.1, 0.15) is 25.5 Å². The van der Waals surface area contributed by atoms with Crippen LogP contribution in [0, 0.1) is 5.92 Å². The Labute approximate surface area is 130 Å². The predicted molar refractivity (Wildman–Crippen MR) is 78.8 cm³/mol. The lowest BCUT2D eigenvalue weighted by molar-refractivity contribution is -0.143. The van der Waals surface area contributed by atoms with Crippen molar-refractivity contribution in [2.45, 2.75) is 32.4 Å². The van der Waals surface area contributed by atoms with Crippen LogP contribution in [0.5, 0.6) is 0 Å². The summed E-state index contributed by atoms with van der Waals surface area (Å²) in [5.74, 6) is 0.615. The molecule has 1 aromatic rings. The molecule has 0 bridgehead atoms. The molecule has 2 atom stereocenters. The van der Waals surface area contributed by atoms with E-state index >= 15 is 0 Å². The van der Waals surface area contributed by atoms with Crippen molar-refractivity contribution in [3.8, 4) is 0 Å². The van der Waals surface area contributed by atoms with Crippen molar-refractivity contribution in [3.05, 3.63) is 24.2 Å². The number of likely N-dealkylation sites (tertiary alicyclic amines) is 1. The first kappa shape index (κ1) is 15.1. The van der Waals surface area contributed by atoms with E-state index in [4.69, 9.17) is 9.15 Å². The normalized spacial score (nSPS) is 25.8. The number of carbonyl (C=O) groups is 2.